The van der Waals surface area contributed by atoms with Crippen molar-refractivity contribution in [3.8, 4) is 28.2 Å². The number of benzene rings is 11. The summed E-state index contributed by atoms with van der Waals surface area (Å²) in [5.41, 5.74) is 12.9. The Bertz CT molecular complexity index is 4110. The summed E-state index contributed by atoms with van der Waals surface area (Å²) in [6.45, 7) is 0. The van der Waals surface area contributed by atoms with Gasteiger partial charge in [0.15, 0.2) is 8.07 Å². The van der Waals surface area contributed by atoms with E-state index >= 15 is 0 Å². The highest BCUT2D eigenvalue weighted by atomic mass is 28.3. The molecule has 3 nitrogen and oxygen atoms in total. The van der Waals surface area contributed by atoms with Crippen molar-refractivity contribution in [1.29, 1.82) is 0 Å². The Morgan fingerprint density at radius 2 is 0.686 bits per heavy atom. The van der Waals surface area contributed by atoms with Crippen LogP contribution in [0, 0.1) is 0 Å². The van der Waals surface area contributed by atoms with Crippen LogP contribution in [0.1, 0.15) is 0 Å². The van der Waals surface area contributed by atoms with E-state index in [1.807, 2.05) is 0 Å². The average Bonchev–Trinajstić information content (AvgIpc) is 4.09. The number of fused-ring (bicyclic) bond motifs is 9. The molecule has 328 valence electrons. The molecule has 14 aromatic rings. The first-order valence-electron chi connectivity index (χ1n) is 24.2. The average molecular weight is 908 g/mol. The number of hydrogen-bond donors (Lipinski definition) is 0. The fraction of sp³-hybridized carbons (Fsp3) is 0. The van der Waals surface area contributed by atoms with Gasteiger partial charge in [-0.05, 0) is 92.5 Å². The van der Waals surface area contributed by atoms with Crippen LogP contribution in [0.3, 0.4) is 0 Å². The van der Waals surface area contributed by atoms with Crippen LogP contribution in [-0.2, 0) is 0 Å². The van der Waals surface area contributed by atoms with Crippen LogP contribution in [0.2, 0.25) is 0 Å². The van der Waals surface area contributed by atoms with E-state index in [9.17, 15) is 0 Å². The second-order valence-corrected chi connectivity index (χ2v) is 22.2. The molecule has 0 amide bonds. The maximum atomic E-state index is 2.58. The quantitative estimate of drug-likeness (QED) is 0.107. The lowest BCUT2D eigenvalue weighted by Gasteiger charge is -2.35. The molecular weight excluding hydrogens is 863 g/mol. The summed E-state index contributed by atoms with van der Waals surface area (Å²) < 4.78 is 7.53. The molecule has 0 aliphatic carbocycles. The van der Waals surface area contributed by atoms with Gasteiger partial charge in [0.2, 0.25) is 0 Å². The van der Waals surface area contributed by atoms with Crippen molar-refractivity contribution in [2.45, 2.75) is 0 Å². The maximum Gasteiger partial charge on any atom is 0.181 e. The van der Waals surface area contributed by atoms with E-state index in [0.29, 0.717) is 0 Å². The number of rotatable bonds is 8. The zero-order valence-corrected chi connectivity index (χ0v) is 39.3. The van der Waals surface area contributed by atoms with Crippen molar-refractivity contribution in [2.24, 2.45) is 0 Å². The summed E-state index contributed by atoms with van der Waals surface area (Å²) in [5.74, 6) is 0. The third-order valence-corrected chi connectivity index (χ3v) is 19.6. The van der Waals surface area contributed by atoms with Crippen molar-refractivity contribution < 1.29 is 0 Å². The smallest absolute Gasteiger partial charge is 0.181 e. The molecule has 11 aromatic carbocycles. The van der Waals surface area contributed by atoms with Crippen LogP contribution in [-0.4, -0.2) is 21.8 Å². The molecule has 0 N–H and O–H groups in total. The summed E-state index contributed by atoms with van der Waals surface area (Å²) in [5, 5.41) is 12.8. The topological polar surface area (TPSA) is 14.8 Å². The summed E-state index contributed by atoms with van der Waals surface area (Å²) in [4.78, 5) is 0. The van der Waals surface area contributed by atoms with Gasteiger partial charge in [0, 0.05) is 43.7 Å². The molecule has 4 heteroatoms. The largest absolute Gasteiger partial charge is 0.309 e. The molecule has 0 atom stereocenters. The highest BCUT2D eigenvalue weighted by Gasteiger charge is 2.43. The lowest BCUT2D eigenvalue weighted by molar-refractivity contribution is 1.16. The third-order valence-electron chi connectivity index (χ3n) is 14.8. The van der Waals surface area contributed by atoms with Gasteiger partial charge < -0.3 is 13.7 Å². The molecule has 3 aromatic heterocycles. The number of hydrogen-bond acceptors (Lipinski definition) is 0. The van der Waals surface area contributed by atoms with Crippen LogP contribution < -0.4 is 20.7 Å². The van der Waals surface area contributed by atoms with E-state index in [4.69, 9.17) is 0 Å². The normalized spacial score (nSPS) is 12.0. The second kappa shape index (κ2) is 16.1. The molecule has 0 aliphatic heterocycles. The van der Waals surface area contributed by atoms with Crippen molar-refractivity contribution >= 4 is 94.2 Å². The Kier molecular flexibility index (Phi) is 9.23. The minimum Gasteiger partial charge on any atom is -0.309 e. The molecule has 0 spiro atoms. The van der Waals surface area contributed by atoms with Crippen LogP contribution >= 0.6 is 0 Å². The van der Waals surface area contributed by atoms with Crippen LogP contribution in [0.25, 0.3) is 93.6 Å². The molecule has 0 bridgehead atoms. The summed E-state index contributed by atoms with van der Waals surface area (Å²) in [7, 11) is -2.98. The number of nitrogens with zero attached hydrogens (tertiary/aromatic N) is 3. The van der Waals surface area contributed by atoms with E-state index in [1.165, 1.54) is 86.3 Å². The molecule has 70 heavy (non-hydrogen) atoms. The SMILES string of the molecule is c1ccc(-c2ccc(-n3c4ccc(-n5c6ccccc6c6cccc([Si](c7ccccc7)(c7ccccc7)c7ccccc7)c65)cc4c4c(-n5c6ccccc6c6ccccc65)cccc43)cc2)cc1. The highest BCUT2D eigenvalue weighted by molar-refractivity contribution is 7.20. The Hall–Kier alpha value is -8.96. The van der Waals surface area contributed by atoms with Crippen molar-refractivity contribution in [3.63, 3.8) is 0 Å². The minimum atomic E-state index is -2.98. The molecule has 14 rings (SSSR count). The monoisotopic (exact) mass is 907 g/mol. The van der Waals surface area contributed by atoms with Gasteiger partial charge in [0.05, 0.1) is 38.8 Å². The van der Waals surface area contributed by atoms with Crippen molar-refractivity contribution in [2.75, 3.05) is 0 Å². The summed E-state index contributed by atoms with van der Waals surface area (Å²) in [6, 6.07) is 101. The van der Waals surface area contributed by atoms with E-state index < -0.39 is 8.07 Å². The Morgan fingerprint density at radius 3 is 1.27 bits per heavy atom. The predicted molar refractivity (Wildman–Crippen MR) is 299 cm³/mol. The Balaban J connectivity index is 1.11. The molecule has 0 saturated carbocycles. The van der Waals surface area contributed by atoms with Crippen LogP contribution in [0.15, 0.2) is 273 Å². The van der Waals surface area contributed by atoms with Gasteiger partial charge in [-0.2, -0.15) is 0 Å². The number of para-hydroxylation sites is 4. The molecule has 0 radical (unpaired) electrons. The first-order valence-corrected chi connectivity index (χ1v) is 26.2. The van der Waals surface area contributed by atoms with Gasteiger partial charge in [-0.3, -0.25) is 0 Å². The van der Waals surface area contributed by atoms with Crippen molar-refractivity contribution in [1.82, 2.24) is 13.7 Å². The van der Waals surface area contributed by atoms with Crippen LogP contribution in [0.5, 0.6) is 0 Å². The molecule has 0 unspecified atom stereocenters. The zero-order chi connectivity index (χ0) is 46.2. The van der Waals surface area contributed by atoms with Gasteiger partial charge in [-0.1, -0.05) is 212 Å². The maximum absolute atomic E-state index is 2.98. The van der Waals surface area contributed by atoms with Gasteiger partial charge in [0.25, 0.3) is 0 Å². The molecule has 3 heterocycles. The summed E-state index contributed by atoms with van der Waals surface area (Å²) >= 11 is 0. The minimum absolute atomic E-state index is 1.12. The lowest BCUT2D eigenvalue weighted by Crippen LogP contribution is -2.75. The first kappa shape index (κ1) is 40.1. The first-order chi connectivity index (χ1) is 34.8. The fourth-order valence-electron chi connectivity index (χ4n) is 11.9. The second-order valence-electron chi connectivity index (χ2n) is 18.4. The Morgan fingerprint density at radius 1 is 0.257 bits per heavy atom. The molecular formula is C66H45N3Si. The highest BCUT2D eigenvalue weighted by Crippen LogP contribution is 2.42. The third kappa shape index (κ3) is 5.94. The Labute approximate surface area is 407 Å². The molecule has 0 saturated heterocycles. The fourth-order valence-corrected chi connectivity index (χ4v) is 16.8. The van der Waals surface area contributed by atoms with Crippen LogP contribution in [0.4, 0.5) is 0 Å². The van der Waals surface area contributed by atoms with Crippen molar-refractivity contribution in [3.05, 3.63) is 273 Å². The van der Waals surface area contributed by atoms with Gasteiger partial charge in [0.1, 0.15) is 0 Å². The predicted octanol–water partition coefficient (Wildman–Crippen LogP) is 14.0. The zero-order valence-electron chi connectivity index (χ0n) is 38.3. The standard InChI is InChI=1S/C66H45N3Si/c1-5-21-46(22-6-1)47-39-41-48(42-40-47)67-61-44-43-49(45-57(61)65-62(67)36-20-37-63(65)69-59-34-17-13-29-53(59)54-30-14-18-35-60(54)69)68-58-33-16-15-31-55(58)56-32-19-38-64(66(56)68)70(50-23-7-2-8-24-50,51-25-9-3-10-26-51)52-27-11-4-12-28-52/h1-45H. The summed E-state index contributed by atoms with van der Waals surface area (Å²) in [6.07, 6.45) is 0. The van der Waals surface area contributed by atoms with E-state index in [2.05, 4.69) is 287 Å². The van der Waals surface area contributed by atoms with E-state index in [1.54, 1.807) is 0 Å². The van der Waals surface area contributed by atoms with E-state index in [-0.39, 0.29) is 0 Å². The lowest BCUT2D eigenvalue weighted by atomic mass is 10.1. The van der Waals surface area contributed by atoms with Gasteiger partial charge >= 0.3 is 0 Å². The van der Waals surface area contributed by atoms with Gasteiger partial charge in [-0.25, -0.2) is 0 Å². The van der Waals surface area contributed by atoms with Gasteiger partial charge in [-0.15, -0.1) is 0 Å². The molecule has 0 aliphatic rings. The number of aromatic nitrogens is 3. The molecule has 0 fully saturated rings. The van der Waals surface area contributed by atoms with E-state index in [0.717, 1.165) is 28.1 Å².